The third-order valence-corrected chi connectivity index (χ3v) is 3.88. The Morgan fingerprint density at radius 2 is 2.24 bits per heavy atom. The minimum absolute atomic E-state index is 0.0802. The van der Waals surface area contributed by atoms with E-state index in [2.05, 4.69) is 0 Å². The number of likely N-dealkylation sites (tertiary alicyclic amines) is 1. The Balaban J connectivity index is 1.85. The van der Waals surface area contributed by atoms with E-state index in [0.29, 0.717) is 12.5 Å². The van der Waals surface area contributed by atoms with Crippen LogP contribution >= 0.6 is 0 Å². The van der Waals surface area contributed by atoms with Crippen molar-refractivity contribution in [3.05, 3.63) is 0 Å². The van der Waals surface area contributed by atoms with E-state index in [4.69, 9.17) is 9.84 Å². The maximum atomic E-state index is 12.3. The van der Waals surface area contributed by atoms with Crippen LogP contribution in [0.3, 0.4) is 0 Å². The van der Waals surface area contributed by atoms with Gasteiger partial charge in [-0.25, -0.2) is 0 Å². The number of carbonyl (C=O) groups is 1. The SMILES string of the molecule is O=C(C1CCCOC1)N1CCCC(CCO)C1. The number of nitrogens with zero attached hydrogens (tertiary/aromatic N) is 1. The van der Waals surface area contributed by atoms with Gasteiger partial charge in [-0.05, 0) is 38.0 Å². The van der Waals surface area contributed by atoms with Gasteiger partial charge in [0.15, 0.2) is 0 Å². The maximum absolute atomic E-state index is 12.3. The minimum Gasteiger partial charge on any atom is -0.396 e. The van der Waals surface area contributed by atoms with Crippen molar-refractivity contribution in [2.45, 2.75) is 32.1 Å². The number of hydrogen-bond donors (Lipinski definition) is 1. The Morgan fingerprint density at radius 1 is 1.35 bits per heavy atom. The van der Waals surface area contributed by atoms with E-state index >= 15 is 0 Å². The van der Waals surface area contributed by atoms with Crippen LogP contribution in [0, 0.1) is 11.8 Å². The van der Waals surface area contributed by atoms with Crippen LogP contribution < -0.4 is 0 Å². The summed E-state index contributed by atoms with van der Waals surface area (Å²) in [7, 11) is 0. The Morgan fingerprint density at radius 3 is 2.94 bits per heavy atom. The molecule has 0 spiro atoms. The number of amides is 1. The molecular formula is C13H23NO3. The second kappa shape index (κ2) is 6.36. The van der Waals surface area contributed by atoms with Crippen LogP contribution in [0.1, 0.15) is 32.1 Å². The van der Waals surface area contributed by atoms with Gasteiger partial charge in [0, 0.05) is 26.3 Å². The van der Waals surface area contributed by atoms with Gasteiger partial charge in [0.25, 0.3) is 0 Å². The molecule has 4 heteroatoms. The highest BCUT2D eigenvalue weighted by Crippen LogP contribution is 2.23. The molecule has 0 aromatic rings. The third-order valence-electron chi connectivity index (χ3n) is 3.88. The van der Waals surface area contributed by atoms with E-state index in [1.807, 2.05) is 4.90 Å². The lowest BCUT2D eigenvalue weighted by Gasteiger charge is -2.35. The molecule has 17 heavy (non-hydrogen) atoms. The first-order chi connectivity index (χ1) is 8.31. The zero-order chi connectivity index (χ0) is 12.1. The van der Waals surface area contributed by atoms with Gasteiger partial charge in [-0.3, -0.25) is 4.79 Å². The number of rotatable bonds is 3. The van der Waals surface area contributed by atoms with Gasteiger partial charge in [-0.1, -0.05) is 0 Å². The van der Waals surface area contributed by atoms with Gasteiger partial charge in [0.05, 0.1) is 12.5 Å². The zero-order valence-corrected chi connectivity index (χ0v) is 10.4. The van der Waals surface area contributed by atoms with E-state index in [-0.39, 0.29) is 18.4 Å². The van der Waals surface area contributed by atoms with Gasteiger partial charge in [0.2, 0.25) is 5.91 Å². The molecule has 2 fully saturated rings. The Labute approximate surface area is 103 Å². The Kier molecular flexibility index (Phi) is 4.80. The lowest BCUT2D eigenvalue weighted by molar-refractivity contribution is -0.141. The summed E-state index contributed by atoms with van der Waals surface area (Å²) in [6, 6.07) is 0. The standard InChI is InChI=1S/C13H23NO3/c15-7-5-11-3-1-6-14(9-11)13(16)12-4-2-8-17-10-12/h11-12,15H,1-10H2. The number of ether oxygens (including phenoxy) is 1. The number of carbonyl (C=O) groups excluding carboxylic acids is 1. The molecule has 98 valence electrons. The highest BCUT2D eigenvalue weighted by Gasteiger charge is 2.29. The fourth-order valence-corrected chi connectivity index (χ4v) is 2.88. The van der Waals surface area contributed by atoms with Crippen molar-refractivity contribution in [3.8, 4) is 0 Å². The number of piperidine rings is 1. The van der Waals surface area contributed by atoms with Crippen molar-refractivity contribution in [1.29, 1.82) is 0 Å². The molecule has 4 nitrogen and oxygen atoms in total. The molecule has 2 heterocycles. The average molecular weight is 241 g/mol. The molecule has 1 amide bonds. The largest absolute Gasteiger partial charge is 0.396 e. The van der Waals surface area contributed by atoms with Gasteiger partial charge < -0.3 is 14.7 Å². The number of hydrogen-bond acceptors (Lipinski definition) is 3. The summed E-state index contributed by atoms with van der Waals surface area (Å²) >= 11 is 0. The molecule has 0 saturated carbocycles. The predicted octanol–water partition coefficient (Wildman–Crippen LogP) is 1.03. The van der Waals surface area contributed by atoms with Crippen molar-refractivity contribution in [1.82, 2.24) is 4.90 Å². The summed E-state index contributed by atoms with van der Waals surface area (Å²) in [5.41, 5.74) is 0. The lowest BCUT2D eigenvalue weighted by Crippen LogP contribution is -2.45. The van der Waals surface area contributed by atoms with Crippen molar-refractivity contribution in [3.63, 3.8) is 0 Å². The van der Waals surface area contributed by atoms with Crippen LogP contribution in [0.15, 0.2) is 0 Å². The summed E-state index contributed by atoms with van der Waals surface area (Å²) in [5.74, 6) is 0.839. The summed E-state index contributed by atoms with van der Waals surface area (Å²) < 4.78 is 5.38. The summed E-state index contributed by atoms with van der Waals surface area (Å²) in [5, 5.41) is 8.97. The van der Waals surface area contributed by atoms with Gasteiger partial charge in [0.1, 0.15) is 0 Å². The normalized spacial score (nSPS) is 30.3. The van der Waals surface area contributed by atoms with Crippen LogP contribution in [0.4, 0.5) is 0 Å². The first-order valence-electron chi connectivity index (χ1n) is 6.78. The molecule has 2 aliphatic heterocycles. The highest BCUT2D eigenvalue weighted by atomic mass is 16.5. The molecule has 2 rings (SSSR count). The zero-order valence-electron chi connectivity index (χ0n) is 10.4. The summed E-state index contributed by atoms with van der Waals surface area (Å²) in [6.07, 6.45) is 5.02. The maximum Gasteiger partial charge on any atom is 0.228 e. The number of aliphatic hydroxyl groups is 1. The van der Waals surface area contributed by atoms with Crippen LogP contribution in [0.5, 0.6) is 0 Å². The second-order valence-electron chi connectivity index (χ2n) is 5.22. The molecule has 0 radical (unpaired) electrons. The highest BCUT2D eigenvalue weighted by molar-refractivity contribution is 5.79. The first kappa shape index (κ1) is 12.8. The summed E-state index contributed by atoms with van der Waals surface area (Å²) in [6.45, 7) is 3.35. The quantitative estimate of drug-likeness (QED) is 0.803. The first-order valence-corrected chi connectivity index (χ1v) is 6.78. The molecule has 1 N–H and O–H groups in total. The molecule has 2 saturated heterocycles. The molecule has 0 bridgehead atoms. The van der Waals surface area contributed by atoms with Crippen LogP contribution in [-0.4, -0.2) is 48.8 Å². The minimum atomic E-state index is 0.0802. The average Bonchev–Trinajstić information content (AvgIpc) is 2.40. The summed E-state index contributed by atoms with van der Waals surface area (Å²) in [4.78, 5) is 14.3. The molecule has 0 aromatic heterocycles. The van der Waals surface area contributed by atoms with Crippen molar-refractivity contribution in [2.75, 3.05) is 32.9 Å². The van der Waals surface area contributed by atoms with Crippen LogP contribution in [0.2, 0.25) is 0 Å². The van der Waals surface area contributed by atoms with Gasteiger partial charge >= 0.3 is 0 Å². The fourth-order valence-electron chi connectivity index (χ4n) is 2.88. The van der Waals surface area contributed by atoms with Crippen LogP contribution in [0.25, 0.3) is 0 Å². The van der Waals surface area contributed by atoms with Gasteiger partial charge in [-0.2, -0.15) is 0 Å². The molecule has 2 atom stereocenters. The van der Waals surface area contributed by atoms with Crippen molar-refractivity contribution in [2.24, 2.45) is 11.8 Å². The van der Waals surface area contributed by atoms with Crippen molar-refractivity contribution >= 4 is 5.91 Å². The van der Waals surface area contributed by atoms with E-state index in [0.717, 1.165) is 51.8 Å². The fraction of sp³-hybridized carbons (Fsp3) is 0.923. The topological polar surface area (TPSA) is 49.8 Å². The van der Waals surface area contributed by atoms with E-state index in [1.54, 1.807) is 0 Å². The van der Waals surface area contributed by atoms with Crippen molar-refractivity contribution < 1.29 is 14.6 Å². The number of aliphatic hydroxyl groups excluding tert-OH is 1. The Hall–Kier alpha value is -0.610. The molecular weight excluding hydrogens is 218 g/mol. The third kappa shape index (κ3) is 3.42. The molecule has 0 aliphatic carbocycles. The Bertz CT molecular complexity index is 249. The van der Waals surface area contributed by atoms with Gasteiger partial charge in [-0.15, -0.1) is 0 Å². The van der Waals surface area contributed by atoms with Crippen LogP contribution in [-0.2, 0) is 9.53 Å². The predicted molar refractivity (Wildman–Crippen MR) is 64.5 cm³/mol. The van der Waals surface area contributed by atoms with E-state index < -0.39 is 0 Å². The second-order valence-corrected chi connectivity index (χ2v) is 5.22. The smallest absolute Gasteiger partial charge is 0.228 e. The van der Waals surface area contributed by atoms with E-state index in [1.165, 1.54) is 0 Å². The molecule has 2 unspecified atom stereocenters. The monoisotopic (exact) mass is 241 g/mol. The molecule has 0 aromatic carbocycles. The molecule has 2 aliphatic rings. The van der Waals surface area contributed by atoms with E-state index in [9.17, 15) is 4.79 Å². The lowest BCUT2D eigenvalue weighted by atomic mass is 9.93.